The van der Waals surface area contributed by atoms with Crippen molar-refractivity contribution in [1.82, 2.24) is 0 Å². The number of hydrogen-bond donors (Lipinski definition) is 3. The molecular weight excluding hydrogens is 168 g/mol. The molecular formula is C9H20N2S. The minimum absolute atomic E-state index is 0.248. The zero-order valence-electron chi connectivity index (χ0n) is 7.79. The maximum Gasteiger partial charge on any atom is 0.00450 e. The van der Waals surface area contributed by atoms with Gasteiger partial charge in [-0.2, -0.15) is 12.6 Å². The van der Waals surface area contributed by atoms with Crippen molar-refractivity contribution in [1.29, 1.82) is 0 Å². The second kappa shape index (κ2) is 7.65. The Morgan fingerprint density at radius 3 is 2.58 bits per heavy atom. The first-order chi connectivity index (χ1) is 5.70. The van der Waals surface area contributed by atoms with Gasteiger partial charge in [0.05, 0.1) is 0 Å². The second-order valence-electron chi connectivity index (χ2n) is 3.09. The van der Waals surface area contributed by atoms with Crippen LogP contribution < -0.4 is 11.5 Å². The molecule has 0 rings (SSSR count). The van der Waals surface area contributed by atoms with Crippen LogP contribution >= 0.6 is 12.6 Å². The summed E-state index contributed by atoms with van der Waals surface area (Å²) in [5.41, 5.74) is 12.5. The van der Waals surface area contributed by atoms with Gasteiger partial charge in [0, 0.05) is 6.04 Å². The molecule has 0 aromatic rings. The molecule has 2 nitrogen and oxygen atoms in total. The van der Waals surface area contributed by atoms with Gasteiger partial charge in [0.1, 0.15) is 0 Å². The molecule has 0 aromatic carbocycles. The minimum atomic E-state index is 0.248. The van der Waals surface area contributed by atoms with E-state index in [1.807, 2.05) is 6.92 Å². The topological polar surface area (TPSA) is 52.0 Å². The lowest BCUT2D eigenvalue weighted by Gasteiger charge is -2.05. The Hall–Kier alpha value is 0.01000. The Kier molecular flexibility index (Phi) is 7.65. The van der Waals surface area contributed by atoms with Gasteiger partial charge in [-0.25, -0.2) is 0 Å². The average molecular weight is 188 g/mol. The molecule has 0 fully saturated rings. The molecule has 12 heavy (non-hydrogen) atoms. The molecule has 0 bridgehead atoms. The van der Waals surface area contributed by atoms with Crippen molar-refractivity contribution in [3.63, 3.8) is 0 Å². The molecule has 4 N–H and O–H groups in total. The smallest absolute Gasteiger partial charge is 0.00450 e. The second-order valence-corrected chi connectivity index (χ2v) is 3.53. The van der Waals surface area contributed by atoms with E-state index in [9.17, 15) is 0 Å². The predicted molar refractivity (Wildman–Crippen MR) is 58.5 cm³/mol. The summed E-state index contributed by atoms with van der Waals surface area (Å²) >= 11 is 4.18. The third kappa shape index (κ3) is 6.70. The quantitative estimate of drug-likeness (QED) is 0.435. The third-order valence-corrected chi connectivity index (χ3v) is 1.90. The van der Waals surface area contributed by atoms with Crippen LogP contribution in [0.4, 0.5) is 0 Å². The molecule has 0 radical (unpaired) electrons. The normalized spacial score (nSPS) is 14.8. The summed E-state index contributed by atoms with van der Waals surface area (Å²) in [6.45, 7) is 2.73. The van der Waals surface area contributed by atoms with E-state index >= 15 is 0 Å². The van der Waals surface area contributed by atoms with Crippen LogP contribution in [0, 0.1) is 0 Å². The number of thiol groups is 1. The SMILES string of the molecule is C[C@@H](N)C/C=C(\CCN)CCS. The van der Waals surface area contributed by atoms with E-state index in [-0.39, 0.29) is 6.04 Å². The number of rotatable bonds is 6. The van der Waals surface area contributed by atoms with Crippen molar-refractivity contribution < 1.29 is 0 Å². The van der Waals surface area contributed by atoms with Gasteiger partial charge in [-0.1, -0.05) is 11.6 Å². The standard InChI is InChI=1S/C9H20N2S/c1-8(11)2-3-9(4-6-10)5-7-12/h3,8,12H,2,4-7,10-11H2,1H3/b9-3+/t8-/m1/s1. The summed E-state index contributed by atoms with van der Waals surface area (Å²) in [4.78, 5) is 0. The molecule has 0 aliphatic rings. The number of hydrogen-bond acceptors (Lipinski definition) is 3. The van der Waals surface area contributed by atoms with E-state index in [0.29, 0.717) is 0 Å². The summed E-state index contributed by atoms with van der Waals surface area (Å²) in [6.07, 6.45) is 5.16. The lowest BCUT2D eigenvalue weighted by Crippen LogP contribution is -2.13. The zero-order chi connectivity index (χ0) is 9.40. The first-order valence-electron chi connectivity index (χ1n) is 4.45. The summed E-state index contributed by atoms with van der Waals surface area (Å²) < 4.78 is 0. The molecule has 1 atom stereocenters. The van der Waals surface area contributed by atoms with E-state index in [1.165, 1.54) is 5.57 Å². The van der Waals surface area contributed by atoms with Crippen LogP contribution in [-0.2, 0) is 0 Å². The van der Waals surface area contributed by atoms with Crippen LogP contribution in [0.3, 0.4) is 0 Å². The van der Waals surface area contributed by atoms with Crippen molar-refractivity contribution in [2.24, 2.45) is 11.5 Å². The van der Waals surface area contributed by atoms with Gasteiger partial charge in [0.25, 0.3) is 0 Å². The van der Waals surface area contributed by atoms with Crippen molar-refractivity contribution in [2.75, 3.05) is 12.3 Å². The van der Waals surface area contributed by atoms with E-state index < -0.39 is 0 Å². The highest BCUT2D eigenvalue weighted by atomic mass is 32.1. The maximum atomic E-state index is 5.64. The van der Waals surface area contributed by atoms with Crippen LogP contribution in [0.15, 0.2) is 11.6 Å². The summed E-state index contributed by atoms with van der Waals surface area (Å²) in [6, 6.07) is 0.248. The fourth-order valence-electron chi connectivity index (χ4n) is 1.01. The molecule has 3 heteroatoms. The Morgan fingerprint density at radius 2 is 2.17 bits per heavy atom. The van der Waals surface area contributed by atoms with E-state index in [4.69, 9.17) is 11.5 Å². The zero-order valence-corrected chi connectivity index (χ0v) is 8.69. The summed E-state index contributed by atoms with van der Waals surface area (Å²) in [5.74, 6) is 0.894. The maximum absolute atomic E-state index is 5.64. The highest BCUT2D eigenvalue weighted by molar-refractivity contribution is 7.80. The van der Waals surface area contributed by atoms with Crippen molar-refractivity contribution in [3.05, 3.63) is 11.6 Å². The molecule has 0 saturated carbocycles. The first-order valence-corrected chi connectivity index (χ1v) is 5.08. The third-order valence-electron chi connectivity index (χ3n) is 1.68. The van der Waals surface area contributed by atoms with Crippen LogP contribution in [0.25, 0.3) is 0 Å². The fourth-order valence-corrected chi connectivity index (χ4v) is 1.30. The molecule has 0 spiro atoms. The molecule has 0 amide bonds. The van der Waals surface area contributed by atoms with Crippen molar-refractivity contribution in [2.45, 2.75) is 32.2 Å². The molecule has 0 aliphatic heterocycles. The largest absolute Gasteiger partial charge is 0.330 e. The molecule has 72 valence electrons. The van der Waals surface area contributed by atoms with E-state index in [0.717, 1.165) is 31.6 Å². The highest BCUT2D eigenvalue weighted by Crippen LogP contribution is 2.08. The van der Waals surface area contributed by atoms with Crippen molar-refractivity contribution >= 4 is 12.6 Å². The van der Waals surface area contributed by atoms with Crippen LogP contribution in [0.2, 0.25) is 0 Å². The highest BCUT2D eigenvalue weighted by Gasteiger charge is 1.96. The average Bonchev–Trinajstić information content (AvgIpc) is 2.01. The van der Waals surface area contributed by atoms with E-state index in [2.05, 4.69) is 18.7 Å². The molecule has 0 aromatic heterocycles. The molecule has 0 heterocycles. The summed E-state index contributed by atoms with van der Waals surface area (Å²) in [5, 5.41) is 0. The first kappa shape index (κ1) is 12.0. The predicted octanol–water partition coefficient (Wildman–Crippen LogP) is 1.32. The summed E-state index contributed by atoms with van der Waals surface area (Å²) in [7, 11) is 0. The van der Waals surface area contributed by atoms with Crippen LogP contribution in [0.5, 0.6) is 0 Å². The van der Waals surface area contributed by atoms with Gasteiger partial charge in [-0.3, -0.25) is 0 Å². The lowest BCUT2D eigenvalue weighted by atomic mass is 10.1. The molecule has 0 unspecified atom stereocenters. The molecule has 0 saturated heterocycles. The van der Waals surface area contributed by atoms with Crippen LogP contribution in [-0.4, -0.2) is 18.3 Å². The van der Waals surface area contributed by atoms with Gasteiger partial charge in [-0.15, -0.1) is 0 Å². The van der Waals surface area contributed by atoms with Gasteiger partial charge in [0.15, 0.2) is 0 Å². The fraction of sp³-hybridized carbons (Fsp3) is 0.778. The number of nitrogens with two attached hydrogens (primary N) is 2. The Morgan fingerprint density at radius 1 is 1.50 bits per heavy atom. The van der Waals surface area contributed by atoms with E-state index in [1.54, 1.807) is 0 Å². The van der Waals surface area contributed by atoms with Gasteiger partial charge < -0.3 is 11.5 Å². The van der Waals surface area contributed by atoms with Crippen molar-refractivity contribution in [3.8, 4) is 0 Å². The molecule has 0 aliphatic carbocycles. The Balaban J connectivity index is 3.81. The Labute approximate surface area is 80.8 Å². The van der Waals surface area contributed by atoms with Gasteiger partial charge in [0.2, 0.25) is 0 Å². The Bertz CT molecular complexity index is 124. The lowest BCUT2D eigenvalue weighted by molar-refractivity contribution is 0.745. The monoisotopic (exact) mass is 188 g/mol. The van der Waals surface area contributed by atoms with Gasteiger partial charge in [-0.05, 0) is 38.5 Å². The van der Waals surface area contributed by atoms with Crippen LogP contribution in [0.1, 0.15) is 26.2 Å². The minimum Gasteiger partial charge on any atom is -0.330 e. The van der Waals surface area contributed by atoms with Gasteiger partial charge >= 0.3 is 0 Å².